The van der Waals surface area contributed by atoms with Gasteiger partial charge in [-0.3, -0.25) is 10.2 Å². The standard InChI is InChI=1S/C13H14F3N3O2/c1-2-3-11(12(20)19-18)21-10-5-4-8(7-17)6-9(10)13(14,15)16/h4-6,11H,2-3,18H2,1H3,(H,19,20). The molecule has 1 atom stereocenters. The summed E-state index contributed by atoms with van der Waals surface area (Å²) in [4.78, 5) is 11.5. The van der Waals surface area contributed by atoms with Gasteiger partial charge in [-0.05, 0) is 24.6 Å². The van der Waals surface area contributed by atoms with E-state index in [9.17, 15) is 18.0 Å². The average Bonchev–Trinajstić information content (AvgIpc) is 2.45. The van der Waals surface area contributed by atoms with E-state index in [4.69, 9.17) is 15.8 Å². The van der Waals surface area contributed by atoms with Crippen molar-refractivity contribution >= 4 is 5.91 Å². The molecule has 8 heteroatoms. The van der Waals surface area contributed by atoms with Crippen molar-refractivity contribution in [3.63, 3.8) is 0 Å². The molecule has 0 fully saturated rings. The largest absolute Gasteiger partial charge is 0.480 e. The van der Waals surface area contributed by atoms with Gasteiger partial charge in [0.25, 0.3) is 5.91 Å². The number of nitrogens with zero attached hydrogens (tertiary/aromatic N) is 1. The third kappa shape index (κ3) is 4.36. The van der Waals surface area contributed by atoms with E-state index in [0.29, 0.717) is 12.5 Å². The van der Waals surface area contributed by atoms with Crippen molar-refractivity contribution in [2.45, 2.75) is 32.0 Å². The number of hydrazine groups is 1. The molecule has 0 aromatic heterocycles. The molecule has 1 aromatic rings. The van der Waals surface area contributed by atoms with Gasteiger partial charge in [-0.1, -0.05) is 13.3 Å². The van der Waals surface area contributed by atoms with Crippen LogP contribution in [0.2, 0.25) is 0 Å². The van der Waals surface area contributed by atoms with Crippen LogP contribution >= 0.6 is 0 Å². The lowest BCUT2D eigenvalue weighted by Crippen LogP contribution is -2.42. The zero-order valence-corrected chi connectivity index (χ0v) is 11.2. The minimum Gasteiger partial charge on any atom is -0.480 e. The minimum absolute atomic E-state index is 0.148. The quantitative estimate of drug-likeness (QED) is 0.495. The molecule has 5 nitrogen and oxygen atoms in total. The van der Waals surface area contributed by atoms with Crippen molar-refractivity contribution in [1.29, 1.82) is 5.26 Å². The van der Waals surface area contributed by atoms with Crippen LogP contribution in [0.4, 0.5) is 13.2 Å². The molecule has 21 heavy (non-hydrogen) atoms. The van der Waals surface area contributed by atoms with Gasteiger partial charge in [0.1, 0.15) is 5.75 Å². The predicted molar refractivity (Wildman–Crippen MR) is 67.8 cm³/mol. The zero-order chi connectivity index (χ0) is 16.0. The van der Waals surface area contributed by atoms with E-state index >= 15 is 0 Å². The monoisotopic (exact) mass is 301 g/mol. The lowest BCUT2D eigenvalue weighted by molar-refractivity contribution is -0.141. The summed E-state index contributed by atoms with van der Waals surface area (Å²) in [6.07, 6.45) is -5.09. The molecule has 0 spiro atoms. The first-order chi connectivity index (χ1) is 9.83. The van der Waals surface area contributed by atoms with Gasteiger partial charge in [-0.25, -0.2) is 5.84 Å². The van der Waals surface area contributed by atoms with Gasteiger partial charge < -0.3 is 4.74 Å². The molecule has 0 saturated heterocycles. The molecular weight excluding hydrogens is 287 g/mol. The summed E-state index contributed by atoms with van der Waals surface area (Å²) in [6, 6.07) is 4.51. The van der Waals surface area contributed by atoms with E-state index < -0.39 is 29.5 Å². The Kier molecular flexibility index (Phi) is 5.55. The Labute approximate surface area is 119 Å². The van der Waals surface area contributed by atoms with E-state index in [-0.39, 0.29) is 12.0 Å². The Balaban J connectivity index is 3.17. The van der Waals surface area contributed by atoms with E-state index in [0.717, 1.165) is 6.07 Å². The summed E-state index contributed by atoms with van der Waals surface area (Å²) < 4.78 is 44.1. The fraction of sp³-hybridized carbons (Fsp3) is 0.385. The number of nitrogens with two attached hydrogens (primary N) is 1. The predicted octanol–water partition coefficient (Wildman–Crippen LogP) is 2.11. The zero-order valence-electron chi connectivity index (χ0n) is 11.2. The Morgan fingerprint density at radius 1 is 1.52 bits per heavy atom. The fourth-order valence-electron chi connectivity index (χ4n) is 1.68. The van der Waals surface area contributed by atoms with Gasteiger partial charge in [-0.2, -0.15) is 18.4 Å². The molecule has 1 aromatic carbocycles. The summed E-state index contributed by atoms with van der Waals surface area (Å²) in [7, 11) is 0. The number of carbonyl (C=O) groups is 1. The topological polar surface area (TPSA) is 88.1 Å². The summed E-state index contributed by atoms with van der Waals surface area (Å²) in [5, 5.41) is 8.67. The van der Waals surface area contributed by atoms with E-state index in [1.807, 2.05) is 5.43 Å². The maximum atomic E-state index is 13.0. The summed E-state index contributed by atoms with van der Waals surface area (Å²) in [5.41, 5.74) is 0.601. The van der Waals surface area contributed by atoms with E-state index in [1.54, 1.807) is 13.0 Å². The van der Waals surface area contributed by atoms with Crippen LogP contribution in [-0.4, -0.2) is 12.0 Å². The maximum absolute atomic E-state index is 13.0. The van der Waals surface area contributed by atoms with Crippen molar-refractivity contribution in [3.05, 3.63) is 29.3 Å². The first-order valence-electron chi connectivity index (χ1n) is 6.12. The van der Waals surface area contributed by atoms with E-state index in [1.165, 1.54) is 6.07 Å². The number of hydrogen-bond donors (Lipinski definition) is 2. The first-order valence-corrected chi connectivity index (χ1v) is 6.12. The number of ether oxygens (including phenoxy) is 1. The van der Waals surface area contributed by atoms with Crippen molar-refractivity contribution in [2.24, 2.45) is 5.84 Å². The Bertz CT molecular complexity index is 553. The number of carbonyl (C=O) groups excluding carboxylic acids is 1. The maximum Gasteiger partial charge on any atom is 0.420 e. The number of rotatable bonds is 5. The van der Waals surface area contributed by atoms with Gasteiger partial charge in [0.05, 0.1) is 17.2 Å². The summed E-state index contributed by atoms with van der Waals surface area (Å²) >= 11 is 0. The fourth-order valence-corrected chi connectivity index (χ4v) is 1.68. The molecule has 1 unspecified atom stereocenters. The molecule has 0 heterocycles. The highest BCUT2D eigenvalue weighted by atomic mass is 19.4. The number of hydrogen-bond acceptors (Lipinski definition) is 4. The molecule has 0 aliphatic carbocycles. The van der Waals surface area contributed by atoms with E-state index in [2.05, 4.69) is 0 Å². The van der Waals surface area contributed by atoms with Crippen LogP contribution < -0.4 is 16.0 Å². The molecular formula is C13H14F3N3O2. The lowest BCUT2D eigenvalue weighted by atomic mass is 10.1. The number of nitriles is 1. The second-order valence-corrected chi connectivity index (χ2v) is 4.22. The number of nitrogens with one attached hydrogen (secondary N) is 1. The third-order valence-electron chi connectivity index (χ3n) is 2.67. The normalized spacial score (nSPS) is 12.4. The van der Waals surface area contributed by atoms with Crippen LogP contribution in [0.3, 0.4) is 0 Å². The molecule has 0 radical (unpaired) electrons. The number of benzene rings is 1. The highest BCUT2D eigenvalue weighted by molar-refractivity contribution is 5.80. The highest BCUT2D eigenvalue weighted by Gasteiger charge is 2.36. The van der Waals surface area contributed by atoms with Gasteiger partial charge in [0.2, 0.25) is 0 Å². The average molecular weight is 301 g/mol. The molecule has 0 aliphatic rings. The second kappa shape index (κ2) is 6.95. The minimum atomic E-state index is -4.70. The molecule has 114 valence electrons. The molecule has 0 saturated carbocycles. The number of amides is 1. The van der Waals surface area contributed by atoms with Crippen molar-refractivity contribution in [3.8, 4) is 11.8 Å². The number of alkyl halides is 3. The lowest BCUT2D eigenvalue weighted by Gasteiger charge is -2.20. The smallest absolute Gasteiger partial charge is 0.420 e. The third-order valence-corrected chi connectivity index (χ3v) is 2.67. The first kappa shape index (κ1) is 16.8. The Hall–Kier alpha value is -2.27. The van der Waals surface area contributed by atoms with Crippen LogP contribution in [-0.2, 0) is 11.0 Å². The summed E-state index contributed by atoms with van der Waals surface area (Å²) in [6.45, 7) is 1.75. The van der Waals surface area contributed by atoms with Crippen LogP contribution in [0.5, 0.6) is 5.75 Å². The molecule has 1 amide bonds. The van der Waals surface area contributed by atoms with Crippen LogP contribution in [0.1, 0.15) is 30.9 Å². The molecule has 0 bridgehead atoms. The summed E-state index contributed by atoms with van der Waals surface area (Å²) in [5.74, 6) is 3.76. The van der Waals surface area contributed by atoms with Crippen molar-refractivity contribution < 1.29 is 22.7 Å². The highest BCUT2D eigenvalue weighted by Crippen LogP contribution is 2.37. The van der Waals surface area contributed by atoms with Crippen molar-refractivity contribution in [1.82, 2.24) is 5.43 Å². The molecule has 0 aliphatic heterocycles. The second-order valence-electron chi connectivity index (χ2n) is 4.22. The molecule has 3 N–H and O–H groups in total. The molecule has 1 rings (SSSR count). The Morgan fingerprint density at radius 3 is 2.67 bits per heavy atom. The Morgan fingerprint density at radius 2 is 2.19 bits per heavy atom. The van der Waals surface area contributed by atoms with Gasteiger partial charge in [-0.15, -0.1) is 0 Å². The van der Waals surface area contributed by atoms with Gasteiger partial charge in [0.15, 0.2) is 6.10 Å². The van der Waals surface area contributed by atoms with Gasteiger partial charge >= 0.3 is 6.18 Å². The number of halogens is 3. The van der Waals surface area contributed by atoms with Crippen LogP contribution in [0, 0.1) is 11.3 Å². The van der Waals surface area contributed by atoms with Crippen LogP contribution in [0.25, 0.3) is 0 Å². The van der Waals surface area contributed by atoms with Crippen LogP contribution in [0.15, 0.2) is 18.2 Å². The van der Waals surface area contributed by atoms with Crippen molar-refractivity contribution in [2.75, 3.05) is 0 Å². The SMILES string of the molecule is CCCC(Oc1ccc(C#N)cc1C(F)(F)F)C(=O)NN. The van der Waals surface area contributed by atoms with Gasteiger partial charge in [0, 0.05) is 0 Å².